The summed E-state index contributed by atoms with van der Waals surface area (Å²) in [6.07, 6.45) is 4.83. The molecule has 3 N–H and O–H groups in total. The molecule has 104 valence electrons. The third-order valence-corrected chi connectivity index (χ3v) is 3.48. The Labute approximate surface area is 109 Å². The molecule has 5 heteroatoms. The van der Waals surface area contributed by atoms with Crippen molar-refractivity contribution in [3.8, 4) is 0 Å². The number of hydrogen-bond acceptors (Lipinski definition) is 3. The van der Waals surface area contributed by atoms with E-state index in [0.29, 0.717) is 19.1 Å². The van der Waals surface area contributed by atoms with Crippen molar-refractivity contribution in [2.24, 2.45) is 5.41 Å². The van der Waals surface area contributed by atoms with Gasteiger partial charge in [-0.05, 0) is 26.7 Å². The van der Waals surface area contributed by atoms with E-state index in [1.54, 1.807) is 7.05 Å². The zero-order valence-electron chi connectivity index (χ0n) is 11.6. The summed E-state index contributed by atoms with van der Waals surface area (Å²) in [7, 11) is 1.60. The zero-order valence-corrected chi connectivity index (χ0v) is 11.6. The molecule has 0 unspecified atom stereocenters. The van der Waals surface area contributed by atoms with Crippen LogP contribution in [0, 0.1) is 5.41 Å². The van der Waals surface area contributed by atoms with Gasteiger partial charge in [0, 0.05) is 19.6 Å². The number of amides is 2. The van der Waals surface area contributed by atoms with Gasteiger partial charge in [0.15, 0.2) is 0 Å². The molecule has 0 aromatic carbocycles. The summed E-state index contributed by atoms with van der Waals surface area (Å²) in [5, 5.41) is 8.65. The lowest BCUT2D eigenvalue weighted by atomic mass is 9.92. The van der Waals surface area contributed by atoms with Crippen LogP contribution in [-0.4, -0.2) is 38.0 Å². The van der Waals surface area contributed by atoms with Crippen LogP contribution in [0.4, 0.5) is 0 Å². The highest BCUT2D eigenvalue weighted by molar-refractivity contribution is 5.83. The van der Waals surface area contributed by atoms with E-state index >= 15 is 0 Å². The number of carbonyl (C=O) groups excluding carboxylic acids is 2. The van der Waals surface area contributed by atoms with Gasteiger partial charge in [-0.3, -0.25) is 9.59 Å². The van der Waals surface area contributed by atoms with E-state index in [0.717, 1.165) is 12.8 Å². The molecule has 1 rings (SSSR count). The Morgan fingerprint density at radius 2 is 1.83 bits per heavy atom. The van der Waals surface area contributed by atoms with Gasteiger partial charge >= 0.3 is 0 Å². The highest BCUT2D eigenvalue weighted by Crippen LogP contribution is 2.17. The van der Waals surface area contributed by atoms with Crippen LogP contribution in [0.25, 0.3) is 0 Å². The Bertz CT molecular complexity index is 297. The lowest BCUT2D eigenvalue weighted by Crippen LogP contribution is -2.46. The fourth-order valence-electron chi connectivity index (χ4n) is 2.17. The quantitative estimate of drug-likeness (QED) is 0.644. The van der Waals surface area contributed by atoms with Gasteiger partial charge in [0.1, 0.15) is 0 Å². The van der Waals surface area contributed by atoms with Crippen molar-refractivity contribution in [1.29, 1.82) is 0 Å². The van der Waals surface area contributed by atoms with E-state index in [-0.39, 0.29) is 11.8 Å². The van der Waals surface area contributed by atoms with Gasteiger partial charge in [0.2, 0.25) is 11.8 Å². The van der Waals surface area contributed by atoms with E-state index < -0.39 is 5.41 Å². The van der Waals surface area contributed by atoms with Crippen LogP contribution in [-0.2, 0) is 9.59 Å². The average Bonchev–Trinajstić information content (AvgIpc) is 2.86. The van der Waals surface area contributed by atoms with E-state index in [4.69, 9.17) is 0 Å². The molecule has 0 spiro atoms. The summed E-state index contributed by atoms with van der Waals surface area (Å²) in [6, 6.07) is 0.489. The van der Waals surface area contributed by atoms with Gasteiger partial charge in [0.05, 0.1) is 12.0 Å². The minimum atomic E-state index is -0.572. The monoisotopic (exact) mass is 255 g/mol. The second-order valence-corrected chi connectivity index (χ2v) is 5.60. The number of hydrogen-bond donors (Lipinski definition) is 3. The molecule has 2 amide bonds. The van der Waals surface area contributed by atoms with Crippen LogP contribution in [0.2, 0.25) is 0 Å². The molecule has 18 heavy (non-hydrogen) atoms. The third kappa shape index (κ3) is 4.64. The molecular formula is C13H25N3O2. The summed E-state index contributed by atoms with van der Waals surface area (Å²) in [5.41, 5.74) is -0.572. The number of rotatable bonds is 6. The van der Waals surface area contributed by atoms with E-state index in [1.165, 1.54) is 12.8 Å². The molecule has 0 aromatic rings. The molecule has 0 aliphatic heterocycles. The molecular weight excluding hydrogens is 230 g/mol. The molecule has 5 nitrogen and oxygen atoms in total. The van der Waals surface area contributed by atoms with Gasteiger partial charge in [-0.15, -0.1) is 0 Å². The highest BCUT2D eigenvalue weighted by atomic mass is 16.2. The third-order valence-electron chi connectivity index (χ3n) is 3.48. The maximum Gasteiger partial charge on any atom is 0.233 e. The van der Waals surface area contributed by atoms with Crippen molar-refractivity contribution in [3.63, 3.8) is 0 Å². The van der Waals surface area contributed by atoms with Crippen LogP contribution in [0.1, 0.15) is 39.5 Å². The maximum absolute atomic E-state index is 11.7. The molecule has 0 saturated heterocycles. The number of nitrogens with one attached hydrogen (secondary N) is 3. The molecule has 0 heterocycles. The zero-order chi connectivity index (χ0) is 13.6. The van der Waals surface area contributed by atoms with Crippen LogP contribution in [0.3, 0.4) is 0 Å². The second kappa shape index (κ2) is 6.73. The first-order valence-corrected chi connectivity index (χ1v) is 6.68. The maximum atomic E-state index is 11.7. The van der Waals surface area contributed by atoms with Crippen molar-refractivity contribution >= 4 is 11.8 Å². The molecule has 1 saturated carbocycles. The summed E-state index contributed by atoms with van der Waals surface area (Å²) >= 11 is 0. The lowest BCUT2D eigenvalue weighted by Gasteiger charge is -2.23. The van der Waals surface area contributed by atoms with Gasteiger partial charge in [-0.2, -0.15) is 0 Å². The first kappa shape index (κ1) is 15.0. The summed E-state index contributed by atoms with van der Waals surface area (Å²) in [5.74, 6) is -0.106. The Hall–Kier alpha value is -1.10. The summed E-state index contributed by atoms with van der Waals surface area (Å²) in [4.78, 5) is 23.2. The average molecular weight is 255 g/mol. The Morgan fingerprint density at radius 1 is 1.22 bits per heavy atom. The fraction of sp³-hybridized carbons (Fsp3) is 0.846. The van der Waals surface area contributed by atoms with Gasteiger partial charge in [0.25, 0.3) is 0 Å². The van der Waals surface area contributed by atoms with Crippen molar-refractivity contribution in [2.75, 3.05) is 20.1 Å². The van der Waals surface area contributed by atoms with E-state index in [1.807, 2.05) is 13.8 Å². The first-order valence-electron chi connectivity index (χ1n) is 6.68. The van der Waals surface area contributed by atoms with Crippen LogP contribution >= 0.6 is 0 Å². The summed E-state index contributed by atoms with van der Waals surface area (Å²) < 4.78 is 0. The normalized spacial score (nSPS) is 16.6. The van der Waals surface area contributed by atoms with Gasteiger partial charge in [-0.25, -0.2) is 0 Å². The van der Waals surface area contributed by atoms with E-state index in [2.05, 4.69) is 16.0 Å². The Kier molecular flexibility index (Phi) is 5.59. The lowest BCUT2D eigenvalue weighted by molar-refractivity contribution is -0.129. The molecule has 0 aromatic heterocycles. The van der Waals surface area contributed by atoms with Gasteiger partial charge < -0.3 is 16.0 Å². The number of carbonyl (C=O) groups is 2. The summed E-state index contributed by atoms with van der Waals surface area (Å²) in [6.45, 7) is 4.33. The molecule has 1 aliphatic rings. The minimum absolute atomic E-state index is 0.0427. The first-order chi connectivity index (χ1) is 8.45. The largest absolute Gasteiger partial charge is 0.359 e. The predicted octanol–water partition coefficient (Wildman–Crippen LogP) is 0.407. The van der Waals surface area contributed by atoms with Crippen molar-refractivity contribution in [1.82, 2.24) is 16.0 Å². The highest BCUT2D eigenvalue weighted by Gasteiger charge is 2.27. The fourth-order valence-corrected chi connectivity index (χ4v) is 2.17. The Balaban J connectivity index is 2.21. The van der Waals surface area contributed by atoms with Gasteiger partial charge in [-0.1, -0.05) is 12.8 Å². The standard InChI is InChI=1S/C13H25N3O2/c1-13(2,12(18)14-3)9-16-11(17)8-15-10-6-4-5-7-10/h10,15H,4-9H2,1-3H3,(H,14,18)(H,16,17). The van der Waals surface area contributed by atoms with Crippen molar-refractivity contribution in [3.05, 3.63) is 0 Å². The van der Waals surface area contributed by atoms with E-state index in [9.17, 15) is 9.59 Å². The van der Waals surface area contributed by atoms with Crippen LogP contribution in [0.5, 0.6) is 0 Å². The molecule has 1 aliphatic carbocycles. The van der Waals surface area contributed by atoms with Crippen LogP contribution in [0.15, 0.2) is 0 Å². The second-order valence-electron chi connectivity index (χ2n) is 5.60. The Morgan fingerprint density at radius 3 is 2.39 bits per heavy atom. The molecule has 0 bridgehead atoms. The SMILES string of the molecule is CNC(=O)C(C)(C)CNC(=O)CNC1CCCC1. The molecule has 0 atom stereocenters. The van der Waals surface area contributed by atoms with Crippen LogP contribution < -0.4 is 16.0 Å². The molecule has 0 radical (unpaired) electrons. The van der Waals surface area contributed by atoms with Crippen molar-refractivity contribution in [2.45, 2.75) is 45.6 Å². The predicted molar refractivity (Wildman–Crippen MR) is 71.1 cm³/mol. The minimum Gasteiger partial charge on any atom is -0.359 e. The topological polar surface area (TPSA) is 70.2 Å². The van der Waals surface area contributed by atoms with Crippen molar-refractivity contribution < 1.29 is 9.59 Å². The smallest absolute Gasteiger partial charge is 0.233 e. The molecule has 1 fully saturated rings.